The maximum atomic E-state index is 12.7. The van der Waals surface area contributed by atoms with Gasteiger partial charge in [-0.2, -0.15) is 0 Å². The van der Waals surface area contributed by atoms with Gasteiger partial charge in [-0.15, -0.1) is 0 Å². The number of amides is 2. The lowest BCUT2D eigenvalue weighted by atomic mass is 9.96. The Balaban J connectivity index is 1.59. The van der Waals surface area contributed by atoms with Crippen LogP contribution in [0.1, 0.15) is 18.6 Å². The van der Waals surface area contributed by atoms with Gasteiger partial charge in [-0.3, -0.25) is 19.5 Å². The number of hydrogen-bond donors (Lipinski definition) is 1. The monoisotopic (exact) mass is 357 g/mol. The molecule has 8 heteroatoms. The minimum absolute atomic E-state index is 0.0370. The van der Waals surface area contributed by atoms with Gasteiger partial charge in [-0.1, -0.05) is 11.2 Å². The fourth-order valence-corrected chi connectivity index (χ4v) is 3.27. The summed E-state index contributed by atoms with van der Waals surface area (Å²) >= 11 is 0. The van der Waals surface area contributed by atoms with E-state index in [-0.39, 0.29) is 24.3 Å². The first kappa shape index (κ1) is 18.1. The van der Waals surface area contributed by atoms with Gasteiger partial charge in [0.1, 0.15) is 5.69 Å². The van der Waals surface area contributed by atoms with Gasteiger partial charge in [0.05, 0.1) is 24.7 Å². The number of pyridine rings is 1. The molecule has 0 spiro atoms. The van der Waals surface area contributed by atoms with Crippen LogP contribution in [-0.2, 0) is 16.1 Å². The number of nitrogens with zero attached hydrogens (tertiary/aromatic N) is 4. The van der Waals surface area contributed by atoms with Crippen molar-refractivity contribution < 1.29 is 14.1 Å². The molecule has 0 saturated carbocycles. The fourth-order valence-electron chi connectivity index (χ4n) is 3.27. The Labute approximate surface area is 151 Å². The molecule has 1 atom stereocenters. The Morgan fingerprint density at radius 1 is 1.38 bits per heavy atom. The van der Waals surface area contributed by atoms with Crippen molar-refractivity contribution in [3.05, 3.63) is 36.2 Å². The summed E-state index contributed by atoms with van der Waals surface area (Å²) in [5, 5.41) is 4.02. The number of likely N-dealkylation sites (tertiary alicyclic amines) is 1. The topological polar surface area (TPSA) is 106 Å². The van der Waals surface area contributed by atoms with Gasteiger partial charge in [-0.25, -0.2) is 0 Å². The Kier molecular flexibility index (Phi) is 5.62. The Bertz CT molecular complexity index is 761. The highest BCUT2D eigenvalue weighted by Crippen LogP contribution is 2.21. The second-order valence-corrected chi connectivity index (χ2v) is 6.63. The second kappa shape index (κ2) is 8.09. The number of hydrogen-bond acceptors (Lipinski definition) is 6. The standard InChI is InChI=1S/C18H23N5O3/c1-22(18(25)13-5-4-8-23(10-13)12-17(19)24)11-14-9-16(21-26-14)15-6-2-3-7-20-15/h2-3,6-7,9,13H,4-5,8,10-12H2,1H3,(H2,19,24)/t13-/m0/s1. The van der Waals surface area contributed by atoms with Crippen LogP contribution in [0.2, 0.25) is 0 Å². The summed E-state index contributed by atoms with van der Waals surface area (Å²) in [4.78, 5) is 31.6. The third-order valence-electron chi connectivity index (χ3n) is 4.49. The van der Waals surface area contributed by atoms with Gasteiger partial charge in [0.2, 0.25) is 11.8 Å². The Morgan fingerprint density at radius 2 is 2.23 bits per heavy atom. The SMILES string of the molecule is CN(Cc1cc(-c2ccccn2)no1)C(=O)[C@H]1CCCN(CC(N)=O)C1. The first-order valence-electron chi connectivity index (χ1n) is 8.65. The molecule has 3 heterocycles. The minimum atomic E-state index is -0.366. The molecular formula is C18H23N5O3. The molecule has 2 N–H and O–H groups in total. The highest BCUT2D eigenvalue weighted by molar-refractivity contribution is 5.79. The van der Waals surface area contributed by atoms with Gasteiger partial charge < -0.3 is 15.2 Å². The molecule has 8 nitrogen and oxygen atoms in total. The average molecular weight is 357 g/mol. The lowest BCUT2D eigenvalue weighted by Crippen LogP contribution is -2.45. The molecule has 2 amide bonds. The van der Waals surface area contributed by atoms with E-state index in [1.165, 1.54) is 0 Å². The van der Waals surface area contributed by atoms with E-state index in [9.17, 15) is 9.59 Å². The zero-order valence-electron chi connectivity index (χ0n) is 14.8. The maximum absolute atomic E-state index is 12.7. The lowest BCUT2D eigenvalue weighted by Gasteiger charge is -2.32. The predicted octanol–water partition coefficient (Wildman–Crippen LogP) is 0.892. The van der Waals surface area contributed by atoms with E-state index in [0.717, 1.165) is 25.1 Å². The van der Waals surface area contributed by atoms with Crippen LogP contribution in [0.4, 0.5) is 0 Å². The van der Waals surface area contributed by atoms with Crippen molar-refractivity contribution in [2.75, 3.05) is 26.7 Å². The third-order valence-corrected chi connectivity index (χ3v) is 4.49. The van der Waals surface area contributed by atoms with Crippen molar-refractivity contribution >= 4 is 11.8 Å². The number of carbonyl (C=O) groups is 2. The quantitative estimate of drug-likeness (QED) is 0.823. The van der Waals surface area contributed by atoms with Crippen molar-refractivity contribution in [2.24, 2.45) is 11.7 Å². The van der Waals surface area contributed by atoms with Crippen LogP contribution < -0.4 is 5.73 Å². The summed E-state index contributed by atoms with van der Waals surface area (Å²) in [6.45, 7) is 1.89. The van der Waals surface area contributed by atoms with E-state index in [0.29, 0.717) is 24.5 Å². The number of aromatic nitrogens is 2. The molecule has 1 saturated heterocycles. The van der Waals surface area contributed by atoms with Gasteiger partial charge in [-0.05, 0) is 31.5 Å². The number of nitrogens with two attached hydrogens (primary N) is 1. The Hall–Kier alpha value is -2.74. The molecule has 1 aliphatic heterocycles. The van der Waals surface area contributed by atoms with E-state index in [1.54, 1.807) is 24.2 Å². The molecule has 138 valence electrons. The summed E-state index contributed by atoms with van der Waals surface area (Å²) in [7, 11) is 1.75. The van der Waals surface area contributed by atoms with Crippen molar-refractivity contribution in [1.29, 1.82) is 0 Å². The molecule has 2 aromatic heterocycles. The van der Waals surface area contributed by atoms with Crippen LogP contribution in [-0.4, -0.2) is 58.4 Å². The van der Waals surface area contributed by atoms with E-state index in [4.69, 9.17) is 10.3 Å². The predicted molar refractivity (Wildman–Crippen MR) is 94.6 cm³/mol. The molecule has 0 bridgehead atoms. The highest BCUT2D eigenvalue weighted by atomic mass is 16.5. The van der Waals surface area contributed by atoms with Crippen LogP contribution >= 0.6 is 0 Å². The number of rotatable bonds is 6. The molecule has 3 rings (SSSR count). The molecule has 1 fully saturated rings. The van der Waals surface area contributed by atoms with Crippen LogP contribution in [0, 0.1) is 5.92 Å². The molecule has 2 aromatic rings. The highest BCUT2D eigenvalue weighted by Gasteiger charge is 2.29. The maximum Gasteiger partial charge on any atom is 0.231 e. The zero-order valence-corrected chi connectivity index (χ0v) is 14.8. The van der Waals surface area contributed by atoms with E-state index >= 15 is 0 Å². The van der Waals surface area contributed by atoms with Gasteiger partial charge in [0, 0.05) is 25.9 Å². The summed E-state index contributed by atoms with van der Waals surface area (Å²) in [6, 6.07) is 7.37. The first-order valence-corrected chi connectivity index (χ1v) is 8.65. The zero-order chi connectivity index (χ0) is 18.5. The normalized spacial score (nSPS) is 17.8. The second-order valence-electron chi connectivity index (χ2n) is 6.63. The van der Waals surface area contributed by atoms with E-state index < -0.39 is 0 Å². The summed E-state index contributed by atoms with van der Waals surface area (Å²) in [5.41, 5.74) is 6.63. The van der Waals surface area contributed by atoms with Crippen molar-refractivity contribution in [3.8, 4) is 11.4 Å². The van der Waals surface area contributed by atoms with Crippen molar-refractivity contribution in [2.45, 2.75) is 19.4 Å². The molecule has 1 aliphatic rings. The number of piperidine rings is 1. The van der Waals surface area contributed by atoms with Gasteiger partial charge >= 0.3 is 0 Å². The van der Waals surface area contributed by atoms with Crippen LogP contribution in [0.15, 0.2) is 35.0 Å². The third kappa shape index (κ3) is 4.45. The van der Waals surface area contributed by atoms with Gasteiger partial charge in [0.25, 0.3) is 0 Å². The lowest BCUT2D eigenvalue weighted by molar-refractivity contribution is -0.137. The minimum Gasteiger partial charge on any atom is -0.369 e. The average Bonchev–Trinajstić information content (AvgIpc) is 3.10. The van der Waals surface area contributed by atoms with E-state index in [2.05, 4.69) is 10.1 Å². The Morgan fingerprint density at radius 3 is 2.96 bits per heavy atom. The largest absolute Gasteiger partial charge is 0.369 e. The summed E-state index contributed by atoms with van der Waals surface area (Å²) in [6.07, 6.45) is 3.39. The summed E-state index contributed by atoms with van der Waals surface area (Å²) < 4.78 is 5.35. The molecular weight excluding hydrogens is 334 g/mol. The van der Waals surface area contributed by atoms with Crippen LogP contribution in [0.3, 0.4) is 0 Å². The first-order chi connectivity index (χ1) is 12.5. The van der Waals surface area contributed by atoms with Crippen molar-refractivity contribution in [1.82, 2.24) is 19.9 Å². The smallest absolute Gasteiger partial charge is 0.231 e. The fraction of sp³-hybridized carbons (Fsp3) is 0.444. The van der Waals surface area contributed by atoms with Crippen LogP contribution in [0.25, 0.3) is 11.4 Å². The number of carbonyl (C=O) groups excluding carboxylic acids is 2. The van der Waals surface area contributed by atoms with Crippen LogP contribution in [0.5, 0.6) is 0 Å². The summed E-state index contributed by atoms with van der Waals surface area (Å²) in [5.74, 6) is 0.141. The van der Waals surface area contributed by atoms with E-state index in [1.807, 2.05) is 23.1 Å². The van der Waals surface area contributed by atoms with Gasteiger partial charge in [0.15, 0.2) is 5.76 Å². The molecule has 0 unspecified atom stereocenters. The molecule has 0 aliphatic carbocycles. The number of primary amides is 1. The molecule has 0 radical (unpaired) electrons. The van der Waals surface area contributed by atoms with Crippen molar-refractivity contribution in [3.63, 3.8) is 0 Å². The molecule has 26 heavy (non-hydrogen) atoms. The molecule has 0 aromatic carbocycles.